The molecule has 16 heavy (non-hydrogen) atoms. The third-order valence-electron chi connectivity index (χ3n) is 2.47. The van der Waals surface area contributed by atoms with Gasteiger partial charge in [-0.1, -0.05) is 0 Å². The van der Waals surface area contributed by atoms with E-state index < -0.39 is 0 Å². The molecule has 0 N–H and O–H groups in total. The predicted octanol–water partition coefficient (Wildman–Crippen LogP) is 4.03. The highest BCUT2D eigenvalue weighted by Crippen LogP contribution is 2.25. The molecule has 82 valence electrons. The van der Waals surface area contributed by atoms with Crippen LogP contribution < -0.4 is 4.90 Å². The first-order valence-corrected chi connectivity index (χ1v) is 5.88. The Kier molecular flexibility index (Phi) is 3.46. The molecular weight excluding hydrogens is 234 g/mol. The van der Waals surface area contributed by atoms with Crippen LogP contribution in [0.25, 0.3) is 0 Å². The number of thiol groups is 2. The van der Waals surface area contributed by atoms with Crippen LogP contribution in [-0.2, 0) is 0 Å². The van der Waals surface area contributed by atoms with E-state index in [1.54, 1.807) is 0 Å². The van der Waals surface area contributed by atoms with Crippen molar-refractivity contribution in [3.8, 4) is 0 Å². The van der Waals surface area contributed by atoms with Gasteiger partial charge in [-0.3, -0.25) is 0 Å². The van der Waals surface area contributed by atoms with Crippen molar-refractivity contribution in [2.45, 2.75) is 9.79 Å². The monoisotopic (exact) mass is 247 g/mol. The minimum atomic E-state index is 0.975. The summed E-state index contributed by atoms with van der Waals surface area (Å²) < 4.78 is 0. The smallest absolute Gasteiger partial charge is 0.0408 e. The van der Waals surface area contributed by atoms with Crippen LogP contribution >= 0.6 is 25.3 Å². The summed E-state index contributed by atoms with van der Waals surface area (Å²) in [6.45, 7) is 0. The van der Waals surface area contributed by atoms with E-state index >= 15 is 0 Å². The molecular formula is C13H13NS2. The van der Waals surface area contributed by atoms with Crippen molar-refractivity contribution in [3.05, 3.63) is 48.5 Å². The lowest BCUT2D eigenvalue weighted by Gasteiger charge is -2.19. The Morgan fingerprint density at radius 2 is 1.00 bits per heavy atom. The average Bonchev–Trinajstić information content (AvgIpc) is 2.30. The van der Waals surface area contributed by atoms with Gasteiger partial charge < -0.3 is 4.90 Å². The highest BCUT2D eigenvalue weighted by atomic mass is 32.1. The third-order valence-corrected chi connectivity index (χ3v) is 3.07. The van der Waals surface area contributed by atoms with E-state index in [4.69, 9.17) is 0 Å². The first-order valence-electron chi connectivity index (χ1n) is 4.98. The molecule has 1 nitrogen and oxygen atoms in total. The molecule has 3 heteroatoms. The van der Waals surface area contributed by atoms with Gasteiger partial charge in [0.15, 0.2) is 0 Å². The molecule has 2 aromatic carbocycles. The fourth-order valence-electron chi connectivity index (χ4n) is 1.50. The minimum absolute atomic E-state index is 0.975. The first-order chi connectivity index (χ1) is 7.66. The standard InChI is InChI=1S/C13H13NS2/c1-14(10-2-6-12(15)7-3-10)11-4-8-13(16)9-5-11/h2-9,15-16H,1H3. The highest BCUT2D eigenvalue weighted by Gasteiger charge is 2.02. The molecule has 0 bridgehead atoms. The van der Waals surface area contributed by atoms with Crippen LogP contribution in [-0.4, -0.2) is 7.05 Å². The molecule has 0 atom stereocenters. The molecule has 0 aliphatic carbocycles. The third kappa shape index (κ3) is 2.54. The van der Waals surface area contributed by atoms with Crippen LogP contribution in [0.2, 0.25) is 0 Å². The van der Waals surface area contributed by atoms with Gasteiger partial charge in [0.25, 0.3) is 0 Å². The zero-order valence-electron chi connectivity index (χ0n) is 8.96. The Morgan fingerprint density at radius 1 is 0.688 bits per heavy atom. The quantitative estimate of drug-likeness (QED) is 0.758. The molecule has 0 radical (unpaired) electrons. The maximum absolute atomic E-state index is 4.27. The van der Waals surface area contributed by atoms with E-state index in [9.17, 15) is 0 Å². The van der Waals surface area contributed by atoms with E-state index in [0.717, 1.165) is 21.2 Å². The zero-order chi connectivity index (χ0) is 11.5. The Labute approximate surface area is 107 Å². The molecule has 0 heterocycles. The van der Waals surface area contributed by atoms with Crippen LogP contribution in [0.4, 0.5) is 11.4 Å². The summed E-state index contributed by atoms with van der Waals surface area (Å²) in [6, 6.07) is 16.2. The maximum Gasteiger partial charge on any atom is 0.0408 e. The van der Waals surface area contributed by atoms with Crippen molar-refractivity contribution in [1.82, 2.24) is 0 Å². The molecule has 0 aliphatic rings. The highest BCUT2D eigenvalue weighted by molar-refractivity contribution is 7.80. The summed E-state index contributed by atoms with van der Waals surface area (Å²) in [5.41, 5.74) is 2.29. The lowest BCUT2D eigenvalue weighted by atomic mass is 10.2. The van der Waals surface area contributed by atoms with Gasteiger partial charge >= 0.3 is 0 Å². The summed E-state index contributed by atoms with van der Waals surface area (Å²) in [7, 11) is 2.04. The second-order valence-corrected chi connectivity index (χ2v) is 4.62. The summed E-state index contributed by atoms with van der Waals surface area (Å²) >= 11 is 8.54. The molecule has 2 rings (SSSR count). The molecule has 0 amide bonds. The second-order valence-electron chi connectivity index (χ2n) is 3.59. The molecule has 2 aromatic rings. The van der Waals surface area contributed by atoms with Crippen molar-refractivity contribution >= 4 is 36.6 Å². The van der Waals surface area contributed by atoms with Gasteiger partial charge in [-0.15, -0.1) is 25.3 Å². The van der Waals surface area contributed by atoms with Gasteiger partial charge in [0.05, 0.1) is 0 Å². The fourth-order valence-corrected chi connectivity index (χ4v) is 1.80. The fraction of sp³-hybridized carbons (Fsp3) is 0.0769. The zero-order valence-corrected chi connectivity index (χ0v) is 10.7. The van der Waals surface area contributed by atoms with Crippen LogP contribution in [0, 0.1) is 0 Å². The van der Waals surface area contributed by atoms with Crippen molar-refractivity contribution in [2.24, 2.45) is 0 Å². The van der Waals surface area contributed by atoms with Gasteiger partial charge in [0.2, 0.25) is 0 Å². The average molecular weight is 247 g/mol. The number of rotatable bonds is 2. The van der Waals surface area contributed by atoms with Crippen molar-refractivity contribution in [2.75, 3.05) is 11.9 Å². The van der Waals surface area contributed by atoms with E-state index in [1.807, 2.05) is 31.3 Å². The Balaban J connectivity index is 2.28. The topological polar surface area (TPSA) is 3.24 Å². The van der Waals surface area contributed by atoms with Crippen LogP contribution in [0.5, 0.6) is 0 Å². The van der Waals surface area contributed by atoms with Crippen LogP contribution in [0.1, 0.15) is 0 Å². The number of nitrogens with zero attached hydrogens (tertiary/aromatic N) is 1. The number of hydrogen-bond donors (Lipinski definition) is 2. The van der Waals surface area contributed by atoms with Gasteiger partial charge in [0.1, 0.15) is 0 Å². The summed E-state index contributed by atoms with van der Waals surface area (Å²) in [6.07, 6.45) is 0. The van der Waals surface area contributed by atoms with Crippen LogP contribution in [0.3, 0.4) is 0 Å². The molecule has 0 aromatic heterocycles. The van der Waals surface area contributed by atoms with Gasteiger partial charge in [-0.2, -0.15) is 0 Å². The predicted molar refractivity (Wildman–Crippen MR) is 75.5 cm³/mol. The molecule has 0 unspecified atom stereocenters. The Bertz CT molecular complexity index is 417. The van der Waals surface area contributed by atoms with E-state index in [2.05, 4.69) is 54.4 Å². The lowest BCUT2D eigenvalue weighted by Crippen LogP contribution is -2.08. The van der Waals surface area contributed by atoms with E-state index in [0.29, 0.717) is 0 Å². The number of benzene rings is 2. The van der Waals surface area contributed by atoms with Crippen molar-refractivity contribution in [1.29, 1.82) is 0 Å². The summed E-state index contributed by atoms with van der Waals surface area (Å²) in [5.74, 6) is 0. The van der Waals surface area contributed by atoms with Crippen molar-refractivity contribution in [3.63, 3.8) is 0 Å². The van der Waals surface area contributed by atoms with Gasteiger partial charge in [0, 0.05) is 28.2 Å². The minimum Gasteiger partial charge on any atom is -0.345 e. The maximum atomic E-state index is 4.27. The van der Waals surface area contributed by atoms with E-state index in [1.165, 1.54) is 0 Å². The Hall–Kier alpha value is -1.06. The van der Waals surface area contributed by atoms with Crippen LogP contribution in [0.15, 0.2) is 58.3 Å². The normalized spacial score (nSPS) is 10.2. The molecule has 0 spiro atoms. The summed E-state index contributed by atoms with van der Waals surface area (Å²) in [4.78, 5) is 4.08. The molecule has 0 fully saturated rings. The van der Waals surface area contributed by atoms with E-state index in [-0.39, 0.29) is 0 Å². The van der Waals surface area contributed by atoms with Gasteiger partial charge in [-0.05, 0) is 48.5 Å². The lowest BCUT2D eigenvalue weighted by molar-refractivity contribution is 1.19. The molecule has 0 aliphatic heterocycles. The first kappa shape index (κ1) is 11.4. The van der Waals surface area contributed by atoms with Crippen molar-refractivity contribution < 1.29 is 0 Å². The summed E-state index contributed by atoms with van der Waals surface area (Å²) in [5, 5.41) is 0. The van der Waals surface area contributed by atoms with Gasteiger partial charge in [-0.25, -0.2) is 0 Å². The second kappa shape index (κ2) is 4.85. The number of anilines is 2. The number of hydrogen-bond acceptors (Lipinski definition) is 3. The SMILES string of the molecule is CN(c1ccc(S)cc1)c1ccc(S)cc1. The molecule has 0 saturated heterocycles. The molecule has 0 saturated carbocycles. The largest absolute Gasteiger partial charge is 0.345 e. The Morgan fingerprint density at radius 3 is 1.31 bits per heavy atom.